The number of aromatic amines is 1. The van der Waals surface area contributed by atoms with Crippen molar-refractivity contribution in [1.82, 2.24) is 14.7 Å². The van der Waals surface area contributed by atoms with Crippen LogP contribution in [0.25, 0.3) is 22.2 Å². The first-order chi connectivity index (χ1) is 13.7. The van der Waals surface area contributed by atoms with Crippen molar-refractivity contribution in [3.05, 3.63) is 56.5 Å². The third-order valence-corrected chi connectivity index (χ3v) is 4.85. The average Bonchev–Trinajstić information content (AvgIpc) is 3.20. The molecule has 7 nitrogen and oxygen atoms in total. The molecular weight excluding hydrogens is 396 g/mol. The second-order valence-corrected chi connectivity index (χ2v) is 6.66. The number of anilines is 1. The van der Waals surface area contributed by atoms with E-state index in [0.717, 1.165) is 37.1 Å². The zero-order valence-electron chi connectivity index (χ0n) is 14.8. The SMILES string of the molecule is O=c1[nH]c2nc(N3CCCC3)c(F)c(-c3ccc(C(F)(F)F)cc3)c2c(=O)n1O. The van der Waals surface area contributed by atoms with Gasteiger partial charge in [0.15, 0.2) is 11.6 Å². The normalized spacial score (nSPS) is 14.7. The Bertz CT molecular complexity index is 1210. The topological polar surface area (TPSA) is 91.2 Å². The number of rotatable bonds is 2. The predicted octanol–water partition coefficient (Wildman–Crippen LogP) is 2.75. The molecule has 1 aromatic carbocycles. The van der Waals surface area contributed by atoms with Gasteiger partial charge in [0.05, 0.1) is 10.9 Å². The number of alkyl halides is 3. The summed E-state index contributed by atoms with van der Waals surface area (Å²) in [5.74, 6) is -1.03. The maximum atomic E-state index is 15.4. The summed E-state index contributed by atoms with van der Waals surface area (Å²) in [6.45, 7) is 1.01. The molecule has 152 valence electrons. The highest BCUT2D eigenvalue weighted by molar-refractivity contribution is 5.94. The maximum absolute atomic E-state index is 15.4. The van der Waals surface area contributed by atoms with E-state index in [-0.39, 0.29) is 27.3 Å². The standard InChI is InChI=1S/C18H14F4N4O3/c19-13-11(9-3-5-10(6-4-9)18(20,21)22)12-14(24-17(28)26(29)16(12)27)23-15(13)25-7-1-2-8-25/h3-6,29H,1-2,7-8H2,(H,23,24,28). The first-order valence-corrected chi connectivity index (χ1v) is 8.69. The minimum Gasteiger partial charge on any atom is -0.421 e. The lowest BCUT2D eigenvalue weighted by Crippen LogP contribution is -2.34. The third kappa shape index (κ3) is 3.12. The van der Waals surface area contributed by atoms with Crippen LogP contribution in [0.1, 0.15) is 18.4 Å². The Kier molecular flexibility index (Phi) is 4.32. The molecule has 0 radical (unpaired) electrons. The molecule has 0 bridgehead atoms. The molecule has 0 spiro atoms. The van der Waals surface area contributed by atoms with Crippen LogP contribution >= 0.6 is 0 Å². The summed E-state index contributed by atoms with van der Waals surface area (Å²) in [7, 11) is 0. The molecule has 0 aliphatic carbocycles. The van der Waals surface area contributed by atoms with Crippen LogP contribution in [-0.4, -0.2) is 33.0 Å². The minimum atomic E-state index is -4.58. The highest BCUT2D eigenvalue weighted by Gasteiger charge is 2.31. The van der Waals surface area contributed by atoms with E-state index in [4.69, 9.17) is 0 Å². The van der Waals surface area contributed by atoms with E-state index in [2.05, 4.69) is 9.97 Å². The van der Waals surface area contributed by atoms with Crippen molar-refractivity contribution in [2.75, 3.05) is 18.0 Å². The Morgan fingerprint density at radius 1 is 1.07 bits per heavy atom. The van der Waals surface area contributed by atoms with Gasteiger partial charge in [0.1, 0.15) is 5.65 Å². The van der Waals surface area contributed by atoms with Crippen molar-refractivity contribution in [2.24, 2.45) is 0 Å². The van der Waals surface area contributed by atoms with E-state index >= 15 is 4.39 Å². The number of benzene rings is 1. The van der Waals surface area contributed by atoms with Crippen LogP contribution in [0.3, 0.4) is 0 Å². The molecule has 1 aliphatic heterocycles. The average molecular weight is 410 g/mol. The Labute approximate surface area is 159 Å². The van der Waals surface area contributed by atoms with Gasteiger partial charge < -0.3 is 10.1 Å². The molecule has 3 heterocycles. The molecule has 2 aromatic heterocycles. The number of H-pyrrole nitrogens is 1. The number of aromatic nitrogens is 3. The van der Waals surface area contributed by atoms with E-state index in [1.807, 2.05) is 0 Å². The molecule has 0 atom stereocenters. The van der Waals surface area contributed by atoms with Gasteiger partial charge in [-0.3, -0.25) is 9.78 Å². The van der Waals surface area contributed by atoms with Crippen LogP contribution < -0.4 is 16.1 Å². The van der Waals surface area contributed by atoms with E-state index in [9.17, 15) is 28.0 Å². The van der Waals surface area contributed by atoms with Crippen LogP contribution in [-0.2, 0) is 6.18 Å². The first kappa shape index (κ1) is 19.0. The fourth-order valence-electron chi connectivity index (χ4n) is 3.44. The van der Waals surface area contributed by atoms with E-state index in [1.165, 1.54) is 0 Å². The van der Waals surface area contributed by atoms with Gasteiger partial charge >= 0.3 is 11.9 Å². The quantitative estimate of drug-likeness (QED) is 0.501. The fraction of sp³-hybridized carbons (Fsp3) is 0.278. The first-order valence-electron chi connectivity index (χ1n) is 8.69. The van der Waals surface area contributed by atoms with Crippen molar-refractivity contribution < 1.29 is 22.8 Å². The summed E-state index contributed by atoms with van der Waals surface area (Å²) in [4.78, 5) is 32.1. The highest BCUT2D eigenvalue weighted by Crippen LogP contribution is 2.36. The van der Waals surface area contributed by atoms with Gasteiger partial charge in [0.2, 0.25) is 0 Å². The van der Waals surface area contributed by atoms with Gasteiger partial charge in [0.25, 0.3) is 5.56 Å². The summed E-state index contributed by atoms with van der Waals surface area (Å²) in [5, 5.41) is 9.21. The van der Waals surface area contributed by atoms with Gasteiger partial charge in [-0.05, 0) is 30.5 Å². The molecule has 3 aromatic rings. The van der Waals surface area contributed by atoms with Crippen LogP contribution in [0, 0.1) is 5.82 Å². The lowest BCUT2D eigenvalue weighted by molar-refractivity contribution is -0.137. The summed E-state index contributed by atoms with van der Waals surface area (Å²) in [6.07, 6.45) is -2.99. The molecule has 2 N–H and O–H groups in total. The van der Waals surface area contributed by atoms with Crippen LogP contribution in [0.5, 0.6) is 0 Å². The maximum Gasteiger partial charge on any atom is 0.416 e. The second-order valence-electron chi connectivity index (χ2n) is 6.66. The van der Waals surface area contributed by atoms with Gasteiger partial charge in [-0.1, -0.05) is 16.9 Å². The number of hydrogen-bond acceptors (Lipinski definition) is 5. The fourth-order valence-corrected chi connectivity index (χ4v) is 3.44. The van der Waals surface area contributed by atoms with Gasteiger partial charge in [-0.25, -0.2) is 14.2 Å². The number of hydrogen-bond donors (Lipinski definition) is 2. The van der Waals surface area contributed by atoms with Crippen molar-refractivity contribution in [3.8, 4) is 11.1 Å². The molecule has 1 fully saturated rings. The number of fused-ring (bicyclic) bond motifs is 1. The smallest absolute Gasteiger partial charge is 0.416 e. The zero-order chi connectivity index (χ0) is 20.9. The molecule has 1 aliphatic rings. The molecule has 1 saturated heterocycles. The van der Waals surface area contributed by atoms with E-state index in [1.54, 1.807) is 4.90 Å². The van der Waals surface area contributed by atoms with Crippen molar-refractivity contribution >= 4 is 16.9 Å². The Morgan fingerprint density at radius 3 is 2.28 bits per heavy atom. The van der Waals surface area contributed by atoms with Crippen molar-refractivity contribution in [3.63, 3.8) is 0 Å². The summed E-state index contributed by atoms with van der Waals surface area (Å²) in [5.41, 5.74) is -3.94. The van der Waals surface area contributed by atoms with Crippen LogP contribution in [0.2, 0.25) is 0 Å². The Balaban J connectivity index is 2.05. The molecule has 0 saturated carbocycles. The summed E-state index contributed by atoms with van der Waals surface area (Å²) in [6, 6.07) is 3.58. The lowest BCUT2D eigenvalue weighted by Gasteiger charge is -2.20. The molecule has 11 heteroatoms. The Morgan fingerprint density at radius 2 is 1.69 bits per heavy atom. The monoisotopic (exact) mass is 410 g/mol. The molecule has 4 rings (SSSR count). The van der Waals surface area contributed by atoms with E-state index < -0.39 is 34.2 Å². The third-order valence-electron chi connectivity index (χ3n) is 4.85. The summed E-state index contributed by atoms with van der Waals surface area (Å²) < 4.78 is 53.8. The molecule has 0 unspecified atom stereocenters. The zero-order valence-corrected chi connectivity index (χ0v) is 14.8. The molecule has 0 amide bonds. The highest BCUT2D eigenvalue weighted by atomic mass is 19.4. The Hall–Kier alpha value is -3.37. The molecule has 29 heavy (non-hydrogen) atoms. The van der Waals surface area contributed by atoms with Gasteiger partial charge in [-0.15, -0.1) is 0 Å². The van der Waals surface area contributed by atoms with E-state index in [0.29, 0.717) is 13.1 Å². The number of halogens is 4. The minimum absolute atomic E-state index is 0.0208. The number of nitrogens with one attached hydrogen (secondary N) is 1. The summed E-state index contributed by atoms with van der Waals surface area (Å²) >= 11 is 0. The molecular formula is C18H14F4N4O3. The number of pyridine rings is 1. The van der Waals surface area contributed by atoms with Crippen LogP contribution in [0.4, 0.5) is 23.4 Å². The van der Waals surface area contributed by atoms with Crippen molar-refractivity contribution in [1.29, 1.82) is 0 Å². The largest absolute Gasteiger partial charge is 0.421 e. The van der Waals surface area contributed by atoms with Gasteiger partial charge in [0, 0.05) is 18.7 Å². The second kappa shape index (κ2) is 6.61. The van der Waals surface area contributed by atoms with Crippen LogP contribution in [0.15, 0.2) is 33.9 Å². The lowest BCUT2D eigenvalue weighted by atomic mass is 10.0. The predicted molar refractivity (Wildman–Crippen MR) is 95.7 cm³/mol. The van der Waals surface area contributed by atoms with Crippen molar-refractivity contribution in [2.45, 2.75) is 19.0 Å². The van der Waals surface area contributed by atoms with Gasteiger partial charge in [-0.2, -0.15) is 13.2 Å². The number of nitrogens with zero attached hydrogens (tertiary/aromatic N) is 3.